The molecular formula is C7H9ClN2O. The van der Waals surface area contributed by atoms with Gasteiger partial charge in [-0.15, -0.1) is 0 Å². The first-order chi connectivity index (χ1) is 5.34. The van der Waals surface area contributed by atoms with Crippen molar-refractivity contribution in [3.63, 3.8) is 0 Å². The Morgan fingerprint density at radius 1 is 1.55 bits per heavy atom. The van der Waals surface area contributed by atoms with Crippen molar-refractivity contribution >= 4 is 11.6 Å². The zero-order valence-corrected chi connectivity index (χ0v) is 6.84. The SMILES string of the molecule is Clc1nc(CC2CCC2)no1. The van der Waals surface area contributed by atoms with Crippen molar-refractivity contribution in [1.82, 2.24) is 10.1 Å². The van der Waals surface area contributed by atoms with E-state index >= 15 is 0 Å². The molecule has 0 bridgehead atoms. The lowest BCUT2D eigenvalue weighted by molar-refractivity contribution is 0.303. The molecule has 0 aromatic carbocycles. The number of hydrogen-bond donors (Lipinski definition) is 0. The molecule has 1 aromatic rings. The fourth-order valence-corrected chi connectivity index (χ4v) is 1.40. The van der Waals surface area contributed by atoms with E-state index in [9.17, 15) is 0 Å². The minimum absolute atomic E-state index is 0.152. The van der Waals surface area contributed by atoms with Gasteiger partial charge in [0.15, 0.2) is 5.82 Å². The van der Waals surface area contributed by atoms with Crippen LogP contribution in [0.3, 0.4) is 0 Å². The van der Waals surface area contributed by atoms with Gasteiger partial charge in [0.25, 0.3) is 0 Å². The molecule has 0 spiro atoms. The van der Waals surface area contributed by atoms with Crippen LogP contribution in [0.4, 0.5) is 0 Å². The van der Waals surface area contributed by atoms with Crippen LogP contribution >= 0.6 is 11.6 Å². The van der Waals surface area contributed by atoms with Gasteiger partial charge in [-0.25, -0.2) is 0 Å². The first-order valence-corrected chi connectivity index (χ1v) is 4.20. The molecule has 0 amide bonds. The van der Waals surface area contributed by atoms with Gasteiger partial charge in [0.1, 0.15) is 0 Å². The highest BCUT2D eigenvalue weighted by atomic mass is 35.5. The van der Waals surface area contributed by atoms with Crippen LogP contribution in [0.2, 0.25) is 5.35 Å². The summed E-state index contributed by atoms with van der Waals surface area (Å²) in [5.41, 5.74) is 0. The van der Waals surface area contributed by atoms with Crippen LogP contribution < -0.4 is 0 Å². The molecule has 1 fully saturated rings. The molecule has 1 aliphatic rings. The number of nitrogens with zero attached hydrogens (tertiary/aromatic N) is 2. The average molecular weight is 173 g/mol. The van der Waals surface area contributed by atoms with Crippen LogP contribution in [-0.2, 0) is 6.42 Å². The molecule has 2 rings (SSSR count). The molecule has 0 aliphatic heterocycles. The summed E-state index contributed by atoms with van der Waals surface area (Å²) in [7, 11) is 0. The molecule has 0 unspecified atom stereocenters. The summed E-state index contributed by atoms with van der Waals surface area (Å²) >= 11 is 5.46. The van der Waals surface area contributed by atoms with Gasteiger partial charge < -0.3 is 4.52 Å². The summed E-state index contributed by atoms with van der Waals surface area (Å²) in [5, 5.41) is 3.87. The van der Waals surface area contributed by atoms with E-state index in [2.05, 4.69) is 14.7 Å². The van der Waals surface area contributed by atoms with Crippen LogP contribution in [0.5, 0.6) is 0 Å². The summed E-state index contributed by atoms with van der Waals surface area (Å²) in [6.07, 6.45) is 4.87. The largest absolute Gasteiger partial charge is 0.321 e. The number of aromatic nitrogens is 2. The minimum atomic E-state index is 0.152. The van der Waals surface area contributed by atoms with E-state index < -0.39 is 0 Å². The molecule has 4 heteroatoms. The smallest absolute Gasteiger partial charge is 0.320 e. The Kier molecular flexibility index (Phi) is 1.82. The number of hydrogen-bond acceptors (Lipinski definition) is 3. The summed E-state index contributed by atoms with van der Waals surface area (Å²) in [4.78, 5) is 3.92. The van der Waals surface area contributed by atoms with Crippen molar-refractivity contribution in [3.05, 3.63) is 11.2 Å². The third-order valence-electron chi connectivity index (χ3n) is 2.14. The van der Waals surface area contributed by atoms with E-state index in [1.165, 1.54) is 19.3 Å². The minimum Gasteiger partial charge on any atom is -0.321 e. The van der Waals surface area contributed by atoms with E-state index in [1.54, 1.807) is 0 Å². The Morgan fingerprint density at radius 2 is 2.36 bits per heavy atom. The van der Waals surface area contributed by atoms with E-state index in [0.29, 0.717) is 0 Å². The van der Waals surface area contributed by atoms with Crippen molar-refractivity contribution < 1.29 is 4.52 Å². The van der Waals surface area contributed by atoms with Gasteiger partial charge in [-0.2, -0.15) is 4.98 Å². The van der Waals surface area contributed by atoms with Crippen molar-refractivity contribution in [2.24, 2.45) is 5.92 Å². The molecule has 0 atom stereocenters. The topological polar surface area (TPSA) is 38.9 Å². The van der Waals surface area contributed by atoms with Gasteiger partial charge in [0.2, 0.25) is 0 Å². The second kappa shape index (κ2) is 2.81. The molecule has 0 saturated heterocycles. The Bertz CT molecular complexity index is 244. The average Bonchev–Trinajstić information content (AvgIpc) is 2.27. The molecule has 1 heterocycles. The summed E-state index contributed by atoms with van der Waals surface area (Å²) in [6, 6.07) is 0. The number of halogens is 1. The second-order valence-corrected chi connectivity index (χ2v) is 3.29. The van der Waals surface area contributed by atoms with E-state index in [4.69, 9.17) is 11.6 Å². The van der Waals surface area contributed by atoms with Crippen molar-refractivity contribution in [3.8, 4) is 0 Å². The first-order valence-electron chi connectivity index (χ1n) is 3.82. The first kappa shape index (κ1) is 7.10. The Labute approximate surface area is 69.7 Å². The quantitative estimate of drug-likeness (QED) is 0.686. The molecular weight excluding hydrogens is 164 g/mol. The van der Waals surface area contributed by atoms with Gasteiger partial charge in [-0.3, -0.25) is 0 Å². The Balaban J connectivity index is 1.95. The Morgan fingerprint density at radius 3 is 2.82 bits per heavy atom. The van der Waals surface area contributed by atoms with Gasteiger partial charge in [0, 0.05) is 6.42 Å². The molecule has 1 aromatic heterocycles. The lowest BCUT2D eigenvalue weighted by Crippen LogP contribution is -2.14. The maximum Gasteiger partial charge on any atom is 0.320 e. The van der Waals surface area contributed by atoms with E-state index in [-0.39, 0.29) is 5.35 Å². The molecule has 11 heavy (non-hydrogen) atoms. The van der Waals surface area contributed by atoms with Gasteiger partial charge in [-0.1, -0.05) is 24.4 Å². The highest BCUT2D eigenvalue weighted by Gasteiger charge is 2.19. The van der Waals surface area contributed by atoms with E-state index in [0.717, 1.165) is 18.2 Å². The highest BCUT2D eigenvalue weighted by molar-refractivity contribution is 6.27. The third kappa shape index (κ3) is 1.53. The van der Waals surface area contributed by atoms with Crippen LogP contribution in [0, 0.1) is 5.92 Å². The van der Waals surface area contributed by atoms with Crippen LogP contribution in [0.15, 0.2) is 4.52 Å². The van der Waals surface area contributed by atoms with Gasteiger partial charge in [0.05, 0.1) is 0 Å². The molecule has 60 valence electrons. The van der Waals surface area contributed by atoms with Crippen LogP contribution in [-0.4, -0.2) is 10.1 Å². The summed E-state index contributed by atoms with van der Waals surface area (Å²) in [5.74, 6) is 1.52. The number of rotatable bonds is 2. The standard InChI is InChI=1S/C7H9ClN2O/c8-7-9-6(10-11-7)4-5-2-1-3-5/h5H,1-4H2. The van der Waals surface area contributed by atoms with Gasteiger partial charge in [-0.05, 0) is 17.5 Å². The maximum atomic E-state index is 5.46. The zero-order chi connectivity index (χ0) is 7.68. The lowest BCUT2D eigenvalue weighted by Gasteiger charge is -2.23. The molecule has 1 saturated carbocycles. The van der Waals surface area contributed by atoms with Crippen molar-refractivity contribution in [1.29, 1.82) is 0 Å². The molecule has 0 N–H and O–H groups in total. The highest BCUT2D eigenvalue weighted by Crippen LogP contribution is 2.28. The fourth-order valence-electron chi connectivity index (χ4n) is 1.27. The monoisotopic (exact) mass is 172 g/mol. The molecule has 3 nitrogen and oxygen atoms in total. The predicted octanol–water partition coefficient (Wildman–Crippen LogP) is 2.07. The van der Waals surface area contributed by atoms with Crippen molar-refractivity contribution in [2.75, 3.05) is 0 Å². The Hall–Kier alpha value is -0.570. The molecule has 1 aliphatic carbocycles. The maximum absolute atomic E-state index is 5.46. The van der Waals surface area contributed by atoms with Crippen LogP contribution in [0.25, 0.3) is 0 Å². The predicted molar refractivity (Wildman–Crippen MR) is 40.4 cm³/mol. The van der Waals surface area contributed by atoms with Crippen LogP contribution in [0.1, 0.15) is 25.1 Å². The third-order valence-corrected chi connectivity index (χ3v) is 2.29. The summed E-state index contributed by atoms with van der Waals surface area (Å²) in [6.45, 7) is 0. The fraction of sp³-hybridized carbons (Fsp3) is 0.714. The molecule has 0 radical (unpaired) electrons. The van der Waals surface area contributed by atoms with Crippen molar-refractivity contribution in [2.45, 2.75) is 25.7 Å². The normalized spacial score (nSPS) is 18.3. The second-order valence-electron chi connectivity index (χ2n) is 2.96. The summed E-state index contributed by atoms with van der Waals surface area (Å²) < 4.78 is 4.64. The zero-order valence-electron chi connectivity index (χ0n) is 6.09. The van der Waals surface area contributed by atoms with Gasteiger partial charge >= 0.3 is 5.35 Å². The van der Waals surface area contributed by atoms with E-state index in [1.807, 2.05) is 0 Å². The lowest BCUT2D eigenvalue weighted by atomic mass is 9.83.